The molecule has 0 saturated heterocycles. The third kappa shape index (κ3) is 3.12. The van der Waals surface area contributed by atoms with Crippen molar-refractivity contribution in [3.8, 4) is 5.88 Å². The predicted octanol–water partition coefficient (Wildman–Crippen LogP) is 3.23. The molecule has 94 valence electrons. The van der Waals surface area contributed by atoms with Crippen LogP contribution in [0.4, 0.5) is 5.82 Å². The Balaban J connectivity index is 2.11. The van der Waals surface area contributed by atoms with Crippen LogP contribution in [-0.2, 0) is 0 Å². The maximum atomic E-state index is 5.19. The third-order valence-electron chi connectivity index (χ3n) is 3.26. The summed E-state index contributed by atoms with van der Waals surface area (Å²) in [7, 11) is 1.66. The molecule has 1 fully saturated rings. The lowest BCUT2D eigenvalue weighted by Gasteiger charge is -2.38. The maximum absolute atomic E-state index is 5.19. The number of anilines is 1. The van der Waals surface area contributed by atoms with E-state index >= 15 is 0 Å². The summed E-state index contributed by atoms with van der Waals surface area (Å²) in [5.41, 5.74) is 0. The quantitative estimate of drug-likeness (QED) is 0.754. The molecule has 0 aliphatic heterocycles. The van der Waals surface area contributed by atoms with Crippen molar-refractivity contribution in [1.82, 2.24) is 4.98 Å². The number of hydrogen-bond acceptors (Lipinski definition) is 3. The van der Waals surface area contributed by atoms with Gasteiger partial charge in [-0.2, -0.15) is 4.98 Å². The summed E-state index contributed by atoms with van der Waals surface area (Å²) in [5.74, 6) is 1.75. The minimum absolute atomic E-state index is 0.675. The van der Waals surface area contributed by atoms with Crippen molar-refractivity contribution in [1.29, 1.82) is 0 Å². The van der Waals surface area contributed by atoms with E-state index in [1.54, 1.807) is 7.11 Å². The first-order valence-electron chi connectivity index (χ1n) is 6.19. The van der Waals surface area contributed by atoms with Crippen LogP contribution in [0.2, 0.25) is 0 Å². The van der Waals surface area contributed by atoms with Gasteiger partial charge in [-0.05, 0) is 31.7 Å². The fraction of sp³-hybridized carbons (Fsp3) is 0.615. The first kappa shape index (κ1) is 12.7. The van der Waals surface area contributed by atoms with E-state index in [9.17, 15) is 0 Å². The Labute approximate surface area is 111 Å². The first-order chi connectivity index (χ1) is 8.35. The van der Waals surface area contributed by atoms with Crippen molar-refractivity contribution in [2.24, 2.45) is 0 Å². The van der Waals surface area contributed by atoms with E-state index in [2.05, 4.69) is 31.9 Å². The Hall–Kier alpha value is -0.770. The monoisotopic (exact) mass is 298 g/mol. The molecule has 4 heteroatoms. The molecule has 1 aliphatic carbocycles. The van der Waals surface area contributed by atoms with E-state index in [1.165, 1.54) is 19.3 Å². The lowest BCUT2D eigenvalue weighted by atomic mass is 9.91. The van der Waals surface area contributed by atoms with E-state index < -0.39 is 0 Å². The van der Waals surface area contributed by atoms with Gasteiger partial charge in [0.05, 0.1) is 7.11 Å². The zero-order valence-electron chi connectivity index (χ0n) is 10.2. The lowest BCUT2D eigenvalue weighted by molar-refractivity contribution is 0.377. The second kappa shape index (κ2) is 6.24. The van der Waals surface area contributed by atoms with Crippen molar-refractivity contribution in [2.45, 2.75) is 31.7 Å². The standard InChI is InChI=1S/C13H19BrN2O/c1-17-13-8-3-7-12(15-13)16(10-4-9-14)11-5-2-6-11/h3,7-8,11H,2,4-6,9-10H2,1H3. The van der Waals surface area contributed by atoms with Crippen molar-refractivity contribution in [2.75, 3.05) is 23.9 Å². The molecule has 0 atom stereocenters. The van der Waals surface area contributed by atoms with Crippen LogP contribution in [0, 0.1) is 0 Å². The Morgan fingerprint density at radius 2 is 2.29 bits per heavy atom. The zero-order chi connectivity index (χ0) is 12.1. The smallest absolute Gasteiger partial charge is 0.214 e. The van der Waals surface area contributed by atoms with Crippen molar-refractivity contribution in [3.63, 3.8) is 0 Å². The number of ether oxygens (including phenoxy) is 1. The van der Waals surface area contributed by atoms with Crippen LogP contribution in [0.15, 0.2) is 18.2 Å². The minimum atomic E-state index is 0.675. The molecule has 2 rings (SSSR count). The highest BCUT2D eigenvalue weighted by atomic mass is 79.9. The SMILES string of the molecule is COc1cccc(N(CCCBr)C2CCC2)n1. The predicted molar refractivity (Wildman–Crippen MR) is 74.2 cm³/mol. The molecule has 0 amide bonds. The van der Waals surface area contributed by atoms with E-state index in [-0.39, 0.29) is 0 Å². The second-order valence-electron chi connectivity index (χ2n) is 4.36. The van der Waals surface area contributed by atoms with Gasteiger partial charge in [0.25, 0.3) is 0 Å². The molecule has 1 heterocycles. The number of halogens is 1. The number of rotatable bonds is 6. The highest BCUT2D eigenvalue weighted by molar-refractivity contribution is 9.09. The molecule has 1 aliphatic rings. The fourth-order valence-corrected chi connectivity index (χ4v) is 2.34. The van der Waals surface area contributed by atoms with Gasteiger partial charge in [-0.25, -0.2) is 0 Å². The molecular weight excluding hydrogens is 280 g/mol. The van der Waals surface area contributed by atoms with Gasteiger partial charge in [0.1, 0.15) is 5.82 Å². The van der Waals surface area contributed by atoms with Crippen molar-refractivity contribution >= 4 is 21.7 Å². The summed E-state index contributed by atoms with van der Waals surface area (Å²) in [6.45, 7) is 1.07. The van der Waals surface area contributed by atoms with Crippen molar-refractivity contribution in [3.05, 3.63) is 18.2 Å². The van der Waals surface area contributed by atoms with Gasteiger partial charge in [0.15, 0.2) is 0 Å². The maximum Gasteiger partial charge on any atom is 0.214 e. The van der Waals surface area contributed by atoms with Crippen LogP contribution in [0.1, 0.15) is 25.7 Å². The van der Waals surface area contributed by atoms with E-state index in [0.717, 1.165) is 24.1 Å². The highest BCUT2D eigenvalue weighted by Gasteiger charge is 2.25. The first-order valence-corrected chi connectivity index (χ1v) is 7.31. The largest absolute Gasteiger partial charge is 0.481 e. The van der Waals surface area contributed by atoms with Crippen LogP contribution in [0.5, 0.6) is 5.88 Å². The van der Waals surface area contributed by atoms with Gasteiger partial charge in [-0.15, -0.1) is 0 Å². The summed E-state index contributed by atoms with van der Waals surface area (Å²) in [4.78, 5) is 6.96. The average molecular weight is 299 g/mol. The molecule has 0 unspecified atom stereocenters. The van der Waals surface area contributed by atoms with Gasteiger partial charge in [-0.1, -0.05) is 22.0 Å². The molecular formula is C13H19BrN2O. The summed E-state index contributed by atoms with van der Waals surface area (Å²) in [6.07, 6.45) is 5.08. The lowest BCUT2D eigenvalue weighted by Crippen LogP contribution is -2.41. The van der Waals surface area contributed by atoms with Crippen LogP contribution < -0.4 is 9.64 Å². The number of aromatic nitrogens is 1. The Morgan fingerprint density at radius 3 is 2.88 bits per heavy atom. The molecule has 17 heavy (non-hydrogen) atoms. The Kier molecular flexibility index (Phi) is 4.66. The van der Waals surface area contributed by atoms with E-state index in [0.29, 0.717) is 11.9 Å². The molecule has 3 nitrogen and oxygen atoms in total. The molecule has 1 aromatic rings. The molecule has 1 aromatic heterocycles. The summed E-state index contributed by atoms with van der Waals surface area (Å²) >= 11 is 3.50. The minimum Gasteiger partial charge on any atom is -0.481 e. The van der Waals surface area contributed by atoms with E-state index in [1.807, 2.05) is 12.1 Å². The van der Waals surface area contributed by atoms with Crippen LogP contribution >= 0.6 is 15.9 Å². The average Bonchev–Trinajstić information content (AvgIpc) is 2.32. The number of alkyl halides is 1. The van der Waals surface area contributed by atoms with Crippen LogP contribution in [-0.4, -0.2) is 30.0 Å². The second-order valence-corrected chi connectivity index (χ2v) is 5.15. The number of pyridine rings is 1. The normalized spacial score (nSPS) is 15.4. The van der Waals surface area contributed by atoms with Gasteiger partial charge >= 0.3 is 0 Å². The number of methoxy groups -OCH3 is 1. The highest BCUT2D eigenvalue weighted by Crippen LogP contribution is 2.29. The molecule has 0 N–H and O–H groups in total. The number of nitrogens with zero attached hydrogens (tertiary/aromatic N) is 2. The van der Waals surface area contributed by atoms with Gasteiger partial charge in [-0.3, -0.25) is 0 Å². The number of hydrogen-bond donors (Lipinski definition) is 0. The molecule has 0 radical (unpaired) electrons. The zero-order valence-corrected chi connectivity index (χ0v) is 11.8. The summed E-state index contributed by atoms with van der Waals surface area (Å²) < 4.78 is 5.19. The van der Waals surface area contributed by atoms with Gasteiger partial charge < -0.3 is 9.64 Å². The summed E-state index contributed by atoms with van der Waals surface area (Å²) in [5, 5.41) is 1.04. The van der Waals surface area contributed by atoms with Gasteiger partial charge in [0, 0.05) is 24.0 Å². The van der Waals surface area contributed by atoms with Crippen LogP contribution in [0.3, 0.4) is 0 Å². The summed E-state index contributed by atoms with van der Waals surface area (Å²) in [6, 6.07) is 6.66. The molecule has 1 saturated carbocycles. The third-order valence-corrected chi connectivity index (χ3v) is 3.82. The molecule has 0 bridgehead atoms. The van der Waals surface area contributed by atoms with E-state index in [4.69, 9.17) is 4.74 Å². The molecule has 0 spiro atoms. The van der Waals surface area contributed by atoms with Crippen molar-refractivity contribution < 1.29 is 4.74 Å². The Bertz CT molecular complexity index is 355. The Morgan fingerprint density at radius 1 is 1.47 bits per heavy atom. The van der Waals surface area contributed by atoms with Crippen LogP contribution in [0.25, 0.3) is 0 Å². The fourth-order valence-electron chi connectivity index (χ4n) is 2.09. The topological polar surface area (TPSA) is 25.4 Å². The molecule has 0 aromatic carbocycles. The van der Waals surface area contributed by atoms with Gasteiger partial charge in [0.2, 0.25) is 5.88 Å².